The Kier molecular flexibility index (Phi) is 6.73. The maximum atomic E-state index is 10.5. The minimum absolute atomic E-state index is 0.212. The quantitative estimate of drug-likeness (QED) is 0.362. The third-order valence-corrected chi connectivity index (χ3v) is 5.66. The van der Waals surface area contributed by atoms with Gasteiger partial charge in [-0.05, 0) is 35.6 Å². The van der Waals surface area contributed by atoms with Gasteiger partial charge in [0.1, 0.15) is 17.6 Å². The second-order valence-corrected chi connectivity index (χ2v) is 7.44. The van der Waals surface area contributed by atoms with Gasteiger partial charge in [0.2, 0.25) is 0 Å². The van der Waals surface area contributed by atoms with Crippen LogP contribution in [0.1, 0.15) is 16.5 Å². The Balaban J connectivity index is 1.49. The van der Waals surface area contributed by atoms with Crippen LogP contribution in [0.5, 0.6) is 11.5 Å². The van der Waals surface area contributed by atoms with Gasteiger partial charge in [0.15, 0.2) is 5.96 Å². The molecule has 0 aliphatic carbocycles. The van der Waals surface area contributed by atoms with Gasteiger partial charge < -0.3 is 25.6 Å². The SMILES string of the molecule is CN=C(NCCc1ccc(OC)cc1O)NCC(O)c1cc2ccccc2s1. The summed E-state index contributed by atoms with van der Waals surface area (Å²) in [7, 11) is 3.25. The number of hydrogen-bond acceptors (Lipinski definition) is 5. The van der Waals surface area contributed by atoms with E-state index in [0.717, 1.165) is 15.8 Å². The third-order valence-electron chi connectivity index (χ3n) is 4.44. The van der Waals surface area contributed by atoms with E-state index in [1.54, 1.807) is 31.6 Å². The number of aliphatic hydroxyl groups excluding tert-OH is 1. The fourth-order valence-electron chi connectivity index (χ4n) is 2.88. The molecule has 0 aliphatic heterocycles. The van der Waals surface area contributed by atoms with Crippen molar-refractivity contribution in [3.8, 4) is 11.5 Å². The summed E-state index contributed by atoms with van der Waals surface area (Å²) in [4.78, 5) is 5.11. The minimum Gasteiger partial charge on any atom is -0.508 e. The Morgan fingerprint density at radius 1 is 1.18 bits per heavy atom. The highest BCUT2D eigenvalue weighted by Crippen LogP contribution is 2.29. The number of aliphatic imine (C=N–C) groups is 1. The number of nitrogens with zero attached hydrogens (tertiary/aromatic N) is 1. The van der Waals surface area contributed by atoms with E-state index >= 15 is 0 Å². The average Bonchev–Trinajstić information content (AvgIpc) is 3.15. The molecule has 3 rings (SSSR count). The van der Waals surface area contributed by atoms with Gasteiger partial charge >= 0.3 is 0 Å². The lowest BCUT2D eigenvalue weighted by molar-refractivity contribution is 0.184. The molecule has 0 saturated carbocycles. The molecule has 6 nitrogen and oxygen atoms in total. The van der Waals surface area contributed by atoms with Crippen LogP contribution in [-0.2, 0) is 6.42 Å². The molecule has 1 unspecified atom stereocenters. The largest absolute Gasteiger partial charge is 0.508 e. The predicted octanol–water partition coefficient (Wildman–Crippen LogP) is 3.06. The topological polar surface area (TPSA) is 86.1 Å². The summed E-state index contributed by atoms with van der Waals surface area (Å²) < 4.78 is 6.26. The molecule has 1 aromatic heterocycles. The molecule has 7 heteroatoms. The van der Waals surface area contributed by atoms with E-state index < -0.39 is 6.10 Å². The molecule has 4 N–H and O–H groups in total. The summed E-state index contributed by atoms with van der Waals surface area (Å²) in [6.07, 6.45) is 0.0247. The van der Waals surface area contributed by atoms with Crippen molar-refractivity contribution in [2.24, 2.45) is 4.99 Å². The molecule has 28 heavy (non-hydrogen) atoms. The second kappa shape index (κ2) is 9.43. The molecule has 0 bridgehead atoms. The van der Waals surface area contributed by atoms with Crippen molar-refractivity contribution in [2.75, 3.05) is 27.2 Å². The van der Waals surface area contributed by atoms with Crippen molar-refractivity contribution in [1.29, 1.82) is 0 Å². The van der Waals surface area contributed by atoms with E-state index in [2.05, 4.69) is 21.7 Å². The van der Waals surface area contributed by atoms with E-state index in [-0.39, 0.29) is 5.75 Å². The van der Waals surface area contributed by atoms with Gasteiger partial charge in [-0.25, -0.2) is 0 Å². The van der Waals surface area contributed by atoms with E-state index in [9.17, 15) is 10.2 Å². The smallest absolute Gasteiger partial charge is 0.191 e. The van der Waals surface area contributed by atoms with Crippen molar-refractivity contribution in [1.82, 2.24) is 10.6 Å². The molecule has 0 fully saturated rings. The fraction of sp³-hybridized carbons (Fsp3) is 0.286. The number of methoxy groups -OCH3 is 1. The summed E-state index contributed by atoms with van der Waals surface area (Å²) in [5.74, 6) is 1.44. The Hall–Kier alpha value is -2.77. The Bertz CT molecular complexity index is 922. The van der Waals surface area contributed by atoms with Crippen LogP contribution in [-0.4, -0.2) is 43.4 Å². The highest BCUT2D eigenvalue weighted by atomic mass is 32.1. The van der Waals surface area contributed by atoms with Crippen LogP contribution in [0.2, 0.25) is 0 Å². The average molecular weight is 400 g/mol. The Morgan fingerprint density at radius 3 is 2.71 bits per heavy atom. The van der Waals surface area contributed by atoms with Crippen LogP contribution in [0.3, 0.4) is 0 Å². The lowest BCUT2D eigenvalue weighted by Crippen LogP contribution is -2.40. The zero-order chi connectivity index (χ0) is 19.9. The van der Waals surface area contributed by atoms with Crippen molar-refractivity contribution in [3.05, 3.63) is 59.0 Å². The molecule has 1 atom stereocenters. The second-order valence-electron chi connectivity index (χ2n) is 6.33. The molecule has 3 aromatic rings. The molecule has 2 aromatic carbocycles. The highest BCUT2D eigenvalue weighted by molar-refractivity contribution is 7.19. The van der Waals surface area contributed by atoms with E-state index in [1.165, 1.54) is 4.70 Å². The van der Waals surface area contributed by atoms with Gasteiger partial charge in [-0.3, -0.25) is 4.99 Å². The van der Waals surface area contributed by atoms with Crippen LogP contribution < -0.4 is 15.4 Å². The van der Waals surface area contributed by atoms with Crippen LogP contribution >= 0.6 is 11.3 Å². The van der Waals surface area contributed by atoms with Crippen LogP contribution in [0.4, 0.5) is 0 Å². The van der Waals surface area contributed by atoms with Crippen LogP contribution in [0.25, 0.3) is 10.1 Å². The summed E-state index contributed by atoms with van der Waals surface area (Å²) in [5.41, 5.74) is 0.828. The van der Waals surface area contributed by atoms with Gasteiger partial charge in [-0.15, -0.1) is 11.3 Å². The maximum Gasteiger partial charge on any atom is 0.191 e. The number of phenolic OH excluding ortho intramolecular Hbond substituents is 1. The molecular weight excluding hydrogens is 374 g/mol. The number of thiophene rings is 1. The fourth-order valence-corrected chi connectivity index (χ4v) is 3.93. The van der Waals surface area contributed by atoms with Gasteiger partial charge in [-0.1, -0.05) is 24.3 Å². The lowest BCUT2D eigenvalue weighted by Gasteiger charge is -2.15. The van der Waals surface area contributed by atoms with Gasteiger partial charge in [-0.2, -0.15) is 0 Å². The summed E-state index contributed by atoms with van der Waals surface area (Å²) in [6.45, 7) is 0.957. The van der Waals surface area contributed by atoms with E-state index in [1.807, 2.05) is 36.4 Å². The van der Waals surface area contributed by atoms with Crippen molar-refractivity contribution >= 4 is 27.4 Å². The number of ether oxygens (including phenoxy) is 1. The first-order valence-corrected chi connectivity index (χ1v) is 9.89. The first-order chi connectivity index (χ1) is 13.6. The standard InChI is InChI=1S/C21H25N3O3S/c1-22-21(23-10-9-14-7-8-16(27-2)12-17(14)25)24-13-18(26)20-11-15-5-3-4-6-19(15)28-20/h3-8,11-12,18,25-26H,9-10,13H2,1-2H3,(H2,22,23,24). The monoisotopic (exact) mass is 399 g/mol. The molecule has 0 saturated heterocycles. The Morgan fingerprint density at radius 2 is 2.00 bits per heavy atom. The first-order valence-electron chi connectivity index (χ1n) is 9.07. The molecule has 0 aliphatic rings. The summed E-state index contributed by atoms with van der Waals surface area (Å²) in [6, 6.07) is 15.4. The molecular formula is C21H25N3O3S. The molecule has 1 heterocycles. The number of aromatic hydroxyl groups is 1. The zero-order valence-electron chi connectivity index (χ0n) is 16.0. The number of aliphatic hydroxyl groups is 1. The number of benzene rings is 2. The minimum atomic E-state index is -0.610. The molecule has 0 amide bonds. The third kappa shape index (κ3) is 4.94. The number of rotatable bonds is 7. The van der Waals surface area contributed by atoms with Crippen molar-refractivity contribution < 1.29 is 14.9 Å². The first kappa shape index (κ1) is 20.0. The molecule has 148 valence electrons. The highest BCUT2D eigenvalue weighted by Gasteiger charge is 2.12. The number of phenols is 1. The Labute approximate surface area is 168 Å². The van der Waals surface area contributed by atoms with Crippen LogP contribution in [0, 0.1) is 0 Å². The summed E-state index contributed by atoms with van der Waals surface area (Å²) in [5, 5.41) is 28.0. The van der Waals surface area contributed by atoms with Gasteiger partial charge in [0.05, 0.1) is 7.11 Å². The zero-order valence-corrected chi connectivity index (χ0v) is 16.8. The van der Waals surface area contributed by atoms with E-state index in [0.29, 0.717) is 31.2 Å². The van der Waals surface area contributed by atoms with Gasteiger partial charge in [0, 0.05) is 35.8 Å². The predicted molar refractivity (Wildman–Crippen MR) is 115 cm³/mol. The van der Waals surface area contributed by atoms with Crippen molar-refractivity contribution in [3.63, 3.8) is 0 Å². The number of hydrogen-bond donors (Lipinski definition) is 4. The molecule has 0 radical (unpaired) electrons. The number of guanidine groups is 1. The molecule has 0 spiro atoms. The van der Waals surface area contributed by atoms with Crippen molar-refractivity contribution in [2.45, 2.75) is 12.5 Å². The number of nitrogens with one attached hydrogen (secondary N) is 2. The summed E-state index contributed by atoms with van der Waals surface area (Å²) >= 11 is 1.60. The maximum absolute atomic E-state index is 10.5. The number of fused-ring (bicyclic) bond motifs is 1. The lowest BCUT2D eigenvalue weighted by atomic mass is 10.1. The normalized spacial score (nSPS) is 12.8. The van der Waals surface area contributed by atoms with Crippen LogP contribution in [0.15, 0.2) is 53.5 Å². The van der Waals surface area contributed by atoms with Gasteiger partial charge in [0.25, 0.3) is 0 Å². The van der Waals surface area contributed by atoms with E-state index in [4.69, 9.17) is 4.74 Å².